The van der Waals surface area contributed by atoms with Crippen LogP contribution in [0.5, 0.6) is 0 Å². The van der Waals surface area contributed by atoms with Gasteiger partial charge in [0, 0.05) is 31.8 Å². The maximum absolute atomic E-state index is 5.97. The molecule has 0 aliphatic heterocycles. The Morgan fingerprint density at radius 1 is 1.06 bits per heavy atom. The number of hydrogen-bond acceptors (Lipinski definition) is 4. The SMILES string of the molecule is CCOC(CN(CC)C1CCC(N)CC1)OCC. The van der Waals surface area contributed by atoms with E-state index in [9.17, 15) is 0 Å². The highest BCUT2D eigenvalue weighted by atomic mass is 16.7. The fourth-order valence-corrected chi connectivity index (χ4v) is 2.72. The molecule has 0 atom stereocenters. The standard InChI is InChI=1S/C14H30N2O2/c1-4-16(11-14(17-5-2)18-6-3)13-9-7-12(15)8-10-13/h12-14H,4-11,15H2,1-3H3. The molecular weight excluding hydrogens is 228 g/mol. The summed E-state index contributed by atoms with van der Waals surface area (Å²) in [5.74, 6) is 0. The van der Waals surface area contributed by atoms with Gasteiger partial charge >= 0.3 is 0 Å². The molecule has 1 aliphatic rings. The Morgan fingerprint density at radius 3 is 2.06 bits per heavy atom. The zero-order valence-electron chi connectivity index (χ0n) is 12.2. The van der Waals surface area contributed by atoms with Gasteiger partial charge in [0.1, 0.15) is 0 Å². The third-order valence-corrected chi connectivity index (χ3v) is 3.75. The van der Waals surface area contributed by atoms with E-state index in [1.54, 1.807) is 0 Å². The average Bonchev–Trinajstić information content (AvgIpc) is 2.37. The van der Waals surface area contributed by atoms with Gasteiger partial charge in [0.05, 0.1) is 0 Å². The van der Waals surface area contributed by atoms with Crippen LogP contribution in [0.2, 0.25) is 0 Å². The normalized spacial score (nSPS) is 25.0. The van der Waals surface area contributed by atoms with E-state index < -0.39 is 0 Å². The highest BCUT2D eigenvalue weighted by Gasteiger charge is 2.25. The Labute approximate surface area is 112 Å². The summed E-state index contributed by atoms with van der Waals surface area (Å²) in [4.78, 5) is 2.49. The van der Waals surface area contributed by atoms with Crippen LogP contribution >= 0.6 is 0 Å². The van der Waals surface area contributed by atoms with Crippen molar-refractivity contribution in [3.05, 3.63) is 0 Å². The summed E-state index contributed by atoms with van der Waals surface area (Å²) >= 11 is 0. The molecule has 0 radical (unpaired) electrons. The lowest BCUT2D eigenvalue weighted by atomic mass is 9.91. The molecule has 0 unspecified atom stereocenters. The molecule has 0 heterocycles. The van der Waals surface area contributed by atoms with Gasteiger partial charge in [0.2, 0.25) is 0 Å². The summed E-state index contributed by atoms with van der Waals surface area (Å²) in [7, 11) is 0. The zero-order valence-corrected chi connectivity index (χ0v) is 12.2. The van der Waals surface area contributed by atoms with Crippen molar-refractivity contribution in [2.75, 3.05) is 26.3 Å². The Balaban J connectivity index is 2.43. The zero-order chi connectivity index (χ0) is 13.4. The minimum Gasteiger partial charge on any atom is -0.352 e. The molecule has 0 spiro atoms. The van der Waals surface area contributed by atoms with Crippen LogP contribution in [-0.4, -0.2) is 49.6 Å². The molecule has 0 aromatic carbocycles. The number of hydrogen-bond donors (Lipinski definition) is 1. The van der Waals surface area contributed by atoms with Gasteiger partial charge < -0.3 is 15.2 Å². The summed E-state index contributed by atoms with van der Waals surface area (Å²) < 4.78 is 11.3. The molecule has 18 heavy (non-hydrogen) atoms. The van der Waals surface area contributed by atoms with Crippen LogP contribution in [0.25, 0.3) is 0 Å². The second-order valence-corrected chi connectivity index (χ2v) is 5.00. The van der Waals surface area contributed by atoms with Crippen LogP contribution in [0.3, 0.4) is 0 Å². The maximum Gasteiger partial charge on any atom is 0.170 e. The lowest BCUT2D eigenvalue weighted by Gasteiger charge is -2.37. The molecule has 108 valence electrons. The Kier molecular flexibility index (Phi) is 7.82. The third-order valence-electron chi connectivity index (χ3n) is 3.75. The van der Waals surface area contributed by atoms with E-state index in [1.807, 2.05) is 13.8 Å². The quantitative estimate of drug-likeness (QED) is 0.676. The van der Waals surface area contributed by atoms with E-state index in [-0.39, 0.29) is 6.29 Å². The van der Waals surface area contributed by atoms with Crippen LogP contribution in [-0.2, 0) is 9.47 Å². The molecule has 0 saturated heterocycles. The van der Waals surface area contributed by atoms with Gasteiger partial charge in [-0.25, -0.2) is 0 Å². The Bertz CT molecular complexity index is 200. The molecule has 0 amide bonds. The molecule has 0 aromatic rings. The molecule has 0 bridgehead atoms. The van der Waals surface area contributed by atoms with Crippen molar-refractivity contribution in [3.63, 3.8) is 0 Å². The van der Waals surface area contributed by atoms with E-state index in [1.165, 1.54) is 12.8 Å². The number of nitrogens with zero attached hydrogens (tertiary/aromatic N) is 1. The number of ether oxygens (including phenoxy) is 2. The van der Waals surface area contributed by atoms with Crippen molar-refractivity contribution in [1.82, 2.24) is 4.90 Å². The summed E-state index contributed by atoms with van der Waals surface area (Å²) in [6, 6.07) is 1.06. The lowest BCUT2D eigenvalue weighted by Crippen LogP contribution is -2.45. The van der Waals surface area contributed by atoms with E-state index in [0.717, 1.165) is 25.9 Å². The van der Waals surface area contributed by atoms with Crippen molar-refractivity contribution in [3.8, 4) is 0 Å². The van der Waals surface area contributed by atoms with Crippen molar-refractivity contribution >= 4 is 0 Å². The number of rotatable bonds is 8. The van der Waals surface area contributed by atoms with E-state index in [0.29, 0.717) is 25.3 Å². The highest BCUT2D eigenvalue weighted by molar-refractivity contribution is 4.81. The van der Waals surface area contributed by atoms with Crippen LogP contribution in [0.15, 0.2) is 0 Å². The summed E-state index contributed by atoms with van der Waals surface area (Å²) in [5, 5.41) is 0. The molecule has 1 saturated carbocycles. The number of likely N-dealkylation sites (N-methyl/N-ethyl adjacent to an activating group) is 1. The van der Waals surface area contributed by atoms with Crippen molar-refractivity contribution < 1.29 is 9.47 Å². The fourth-order valence-electron chi connectivity index (χ4n) is 2.72. The smallest absolute Gasteiger partial charge is 0.170 e. The second kappa shape index (κ2) is 8.86. The topological polar surface area (TPSA) is 47.7 Å². The van der Waals surface area contributed by atoms with Gasteiger partial charge in [-0.05, 0) is 46.1 Å². The Hall–Kier alpha value is -0.160. The molecular formula is C14H30N2O2. The van der Waals surface area contributed by atoms with Crippen LogP contribution in [0.1, 0.15) is 46.5 Å². The highest BCUT2D eigenvalue weighted by Crippen LogP contribution is 2.22. The minimum atomic E-state index is -0.0875. The van der Waals surface area contributed by atoms with E-state index in [2.05, 4.69) is 11.8 Å². The van der Waals surface area contributed by atoms with Crippen LogP contribution < -0.4 is 5.73 Å². The molecule has 1 rings (SSSR count). The monoisotopic (exact) mass is 258 g/mol. The minimum absolute atomic E-state index is 0.0875. The first-order chi connectivity index (χ1) is 8.71. The first-order valence-corrected chi connectivity index (χ1v) is 7.44. The van der Waals surface area contributed by atoms with Gasteiger partial charge in [0.25, 0.3) is 0 Å². The average molecular weight is 258 g/mol. The number of nitrogens with two attached hydrogens (primary N) is 1. The van der Waals surface area contributed by atoms with E-state index in [4.69, 9.17) is 15.2 Å². The maximum atomic E-state index is 5.97. The van der Waals surface area contributed by atoms with Crippen molar-refractivity contribution in [2.45, 2.75) is 64.8 Å². The molecule has 4 nitrogen and oxygen atoms in total. The molecule has 1 aliphatic carbocycles. The molecule has 1 fully saturated rings. The van der Waals surface area contributed by atoms with Crippen LogP contribution in [0, 0.1) is 0 Å². The van der Waals surface area contributed by atoms with Gasteiger partial charge in [-0.15, -0.1) is 0 Å². The third kappa shape index (κ3) is 5.22. The lowest BCUT2D eigenvalue weighted by molar-refractivity contribution is -0.151. The summed E-state index contributed by atoms with van der Waals surface area (Å²) in [6.07, 6.45) is 4.63. The summed E-state index contributed by atoms with van der Waals surface area (Å²) in [5.41, 5.74) is 5.97. The molecule has 0 aromatic heterocycles. The molecule has 4 heteroatoms. The van der Waals surface area contributed by atoms with Crippen LogP contribution in [0.4, 0.5) is 0 Å². The van der Waals surface area contributed by atoms with Gasteiger partial charge in [0.15, 0.2) is 6.29 Å². The predicted octanol–water partition coefficient (Wildman–Crippen LogP) is 1.98. The summed E-state index contributed by atoms with van der Waals surface area (Å²) in [6.45, 7) is 9.58. The van der Waals surface area contributed by atoms with Crippen molar-refractivity contribution in [2.24, 2.45) is 5.73 Å². The predicted molar refractivity (Wildman–Crippen MR) is 74.5 cm³/mol. The fraction of sp³-hybridized carbons (Fsp3) is 1.00. The second-order valence-electron chi connectivity index (χ2n) is 5.00. The first-order valence-electron chi connectivity index (χ1n) is 7.44. The van der Waals surface area contributed by atoms with Gasteiger partial charge in [-0.2, -0.15) is 0 Å². The first kappa shape index (κ1) is 15.9. The van der Waals surface area contributed by atoms with E-state index >= 15 is 0 Å². The Morgan fingerprint density at radius 2 is 1.61 bits per heavy atom. The largest absolute Gasteiger partial charge is 0.352 e. The van der Waals surface area contributed by atoms with Gasteiger partial charge in [-0.3, -0.25) is 4.90 Å². The molecule has 2 N–H and O–H groups in total. The van der Waals surface area contributed by atoms with Gasteiger partial charge in [-0.1, -0.05) is 6.92 Å². The van der Waals surface area contributed by atoms with Crippen molar-refractivity contribution in [1.29, 1.82) is 0 Å².